The highest BCUT2D eigenvalue weighted by Gasteiger charge is 2.02. The molecule has 0 spiro atoms. The lowest BCUT2D eigenvalue weighted by atomic mass is 10.2. The quantitative estimate of drug-likeness (QED) is 0.888. The normalized spacial score (nSPS) is 10.2. The Morgan fingerprint density at radius 3 is 2.44 bits per heavy atom. The second-order valence-electron chi connectivity index (χ2n) is 4.02. The van der Waals surface area contributed by atoms with Gasteiger partial charge >= 0.3 is 0 Å². The van der Waals surface area contributed by atoms with Crippen molar-refractivity contribution in [2.75, 3.05) is 17.7 Å². The maximum Gasteiger partial charge on any atom is 0.136 e. The highest BCUT2D eigenvalue weighted by atomic mass is 35.5. The lowest BCUT2D eigenvalue weighted by Gasteiger charge is -2.09. The van der Waals surface area contributed by atoms with Crippen molar-refractivity contribution in [2.45, 2.75) is 13.8 Å². The first-order valence-corrected chi connectivity index (χ1v) is 6.03. The van der Waals surface area contributed by atoms with Crippen LogP contribution in [0.15, 0.2) is 24.3 Å². The first kappa shape index (κ1) is 12.6. The standard InChI is InChI=1S/C13H15ClN4/c1-8-4-5-10(6-11(8)14)18-13-7-12(15-3)16-9(2)17-13/h4-7H,1-3H3,(H2,15,16,17,18). The molecule has 0 aliphatic heterocycles. The third kappa shape index (κ3) is 2.90. The molecule has 1 aromatic heterocycles. The van der Waals surface area contributed by atoms with Crippen molar-refractivity contribution in [1.29, 1.82) is 0 Å². The molecule has 0 fully saturated rings. The number of aromatic nitrogens is 2. The first-order valence-electron chi connectivity index (χ1n) is 5.65. The fourth-order valence-corrected chi connectivity index (χ4v) is 1.76. The lowest BCUT2D eigenvalue weighted by molar-refractivity contribution is 1.06. The summed E-state index contributed by atoms with van der Waals surface area (Å²) < 4.78 is 0. The smallest absolute Gasteiger partial charge is 0.136 e. The Morgan fingerprint density at radius 1 is 1.06 bits per heavy atom. The molecule has 18 heavy (non-hydrogen) atoms. The van der Waals surface area contributed by atoms with Gasteiger partial charge in [-0.1, -0.05) is 17.7 Å². The van der Waals surface area contributed by atoms with E-state index in [1.807, 2.05) is 45.2 Å². The second kappa shape index (κ2) is 5.23. The molecular weight excluding hydrogens is 248 g/mol. The molecule has 0 radical (unpaired) electrons. The van der Waals surface area contributed by atoms with Gasteiger partial charge in [0.1, 0.15) is 17.5 Å². The van der Waals surface area contributed by atoms with Gasteiger partial charge in [-0.15, -0.1) is 0 Å². The minimum atomic E-state index is 0.711. The molecule has 0 saturated carbocycles. The second-order valence-corrected chi connectivity index (χ2v) is 4.43. The van der Waals surface area contributed by atoms with Gasteiger partial charge in [-0.05, 0) is 31.5 Å². The fourth-order valence-electron chi connectivity index (χ4n) is 1.58. The predicted octanol–water partition coefficient (Wildman–Crippen LogP) is 3.53. The van der Waals surface area contributed by atoms with Crippen molar-refractivity contribution in [3.05, 3.63) is 40.7 Å². The van der Waals surface area contributed by atoms with Crippen molar-refractivity contribution >= 4 is 28.9 Å². The van der Waals surface area contributed by atoms with Gasteiger partial charge in [0.15, 0.2) is 0 Å². The van der Waals surface area contributed by atoms with E-state index in [4.69, 9.17) is 11.6 Å². The molecule has 0 unspecified atom stereocenters. The Bertz CT molecular complexity index is 569. The molecule has 0 atom stereocenters. The number of benzene rings is 1. The molecule has 2 N–H and O–H groups in total. The monoisotopic (exact) mass is 262 g/mol. The van der Waals surface area contributed by atoms with Gasteiger partial charge in [-0.3, -0.25) is 0 Å². The number of aryl methyl sites for hydroxylation is 2. The molecule has 5 heteroatoms. The van der Waals surface area contributed by atoms with E-state index in [0.717, 1.165) is 27.9 Å². The van der Waals surface area contributed by atoms with E-state index in [0.29, 0.717) is 5.82 Å². The molecule has 0 bridgehead atoms. The minimum absolute atomic E-state index is 0.711. The van der Waals surface area contributed by atoms with Crippen LogP contribution in [-0.4, -0.2) is 17.0 Å². The van der Waals surface area contributed by atoms with Gasteiger partial charge in [0.2, 0.25) is 0 Å². The van der Waals surface area contributed by atoms with Crippen LogP contribution < -0.4 is 10.6 Å². The molecule has 94 valence electrons. The molecule has 1 heterocycles. The number of hydrogen-bond donors (Lipinski definition) is 2. The van der Waals surface area contributed by atoms with Gasteiger partial charge in [0.05, 0.1) is 0 Å². The third-order valence-electron chi connectivity index (χ3n) is 2.54. The molecule has 2 aromatic rings. The van der Waals surface area contributed by atoms with Crippen LogP contribution in [0, 0.1) is 13.8 Å². The molecule has 0 saturated heterocycles. The van der Waals surface area contributed by atoms with Crippen LogP contribution in [0.2, 0.25) is 5.02 Å². The summed E-state index contributed by atoms with van der Waals surface area (Å²) in [4.78, 5) is 8.56. The van der Waals surface area contributed by atoms with Crippen molar-refractivity contribution in [1.82, 2.24) is 9.97 Å². The SMILES string of the molecule is CNc1cc(Nc2ccc(C)c(Cl)c2)nc(C)n1. The molecule has 0 aliphatic rings. The molecule has 0 aliphatic carbocycles. The summed E-state index contributed by atoms with van der Waals surface area (Å²) in [7, 11) is 1.83. The van der Waals surface area contributed by atoms with E-state index < -0.39 is 0 Å². The van der Waals surface area contributed by atoms with Crippen LogP contribution in [0.25, 0.3) is 0 Å². The van der Waals surface area contributed by atoms with E-state index in [1.54, 1.807) is 0 Å². The summed E-state index contributed by atoms with van der Waals surface area (Å²) >= 11 is 6.08. The Kier molecular flexibility index (Phi) is 3.67. The van der Waals surface area contributed by atoms with Crippen molar-refractivity contribution in [3.63, 3.8) is 0 Å². The largest absolute Gasteiger partial charge is 0.373 e. The van der Waals surface area contributed by atoms with Crippen LogP contribution in [0.5, 0.6) is 0 Å². The van der Waals surface area contributed by atoms with Crippen LogP contribution in [0.1, 0.15) is 11.4 Å². The van der Waals surface area contributed by atoms with Crippen LogP contribution in [0.4, 0.5) is 17.3 Å². The number of halogens is 1. The Labute approximate surface area is 111 Å². The topological polar surface area (TPSA) is 49.8 Å². The maximum atomic E-state index is 6.08. The van der Waals surface area contributed by atoms with E-state index in [1.165, 1.54) is 0 Å². The maximum absolute atomic E-state index is 6.08. The van der Waals surface area contributed by atoms with Crippen LogP contribution >= 0.6 is 11.6 Å². The minimum Gasteiger partial charge on any atom is -0.373 e. The number of nitrogens with zero attached hydrogens (tertiary/aromatic N) is 2. The van der Waals surface area contributed by atoms with E-state index >= 15 is 0 Å². The third-order valence-corrected chi connectivity index (χ3v) is 2.95. The van der Waals surface area contributed by atoms with E-state index in [9.17, 15) is 0 Å². The summed E-state index contributed by atoms with van der Waals surface area (Å²) in [5.41, 5.74) is 1.96. The molecule has 0 amide bonds. The summed E-state index contributed by atoms with van der Waals surface area (Å²) in [5.74, 6) is 2.23. The molecule has 4 nitrogen and oxygen atoms in total. The van der Waals surface area contributed by atoms with Crippen molar-refractivity contribution < 1.29 is 0 Å². The highest BCUT2D eigenvalue weighted by molar-refractivity contribution is 6.31. The van der Waals surface area contributed by atoms with Gasteiger partial charge in [0, 0.05) is 23.8 Å². The number of anilines is 3. The fraction of sp³-hybridized carbons (Fsp3) is 0.231. The number of hydrogen-bond acceptors (Lipinski definition) is 4. The average Bonchev–Trinajstić information content (AvgIpc) is 2.33. The zero-order chi connectivity index (χ0) is 13.1. The van der Waals surface area contributed by atoms with Crippen molar-refractivity contribution in [3.8, 4) is 0 Å². The summed E-state index contributed by atoms with van der Waals surface area (Å²) in [6, 6.07) is 7.67. The zero-order valence-electron chi connectivity index (χ0n) is 10.6. The van der Waals surface area contributed by atoms with Gasteiger partial charge < -0.3 is 10.6 Å². The zero-order valence-corrected chi connectivity index (χ0v) is 11.3. The first-order chi connectivity index (χ1) is 8.58. The van der Waals surface area contributed by atoms with Crippen molar-refractivity contribution in [2.24, 2.45) is 0 Å². The summed E-state index contributed by atoms with van der Waals surface area (Å²) in [6.07, 6.45) is 0. The molecular formula is C13H15ClN4. The van der Waals surface area contributed by atoms with E-state index in [-0.39, 0.29) is 0 Å². The van der Waals surface area contributed by atoms with Gasteiger partial charge in [0.25, 0.3) is 0 Å². The average molecular weight is 263 g/mol. The molecule has 2 rings (SSSR count). The van der Waals surface area contributed by atoms with Crippen LogP contribution in [-0.2, 0) is 0 Å². The van der Waals surface area contributed by atoms with Crippen LogP contribution in [0.3, 0.4) is 0 Å². The predicted molar refractivity (Wildman–Crippen MR) is 75.8 cm³/mol. The molecule has 1 aromatic carbocycles. The number of nitrogens with one attached hydrogen (secondary N) is 2. The summed E-state index contributed by atoms with van der Waals surface area (Å²) in [6.45, 7) is 3.83. The van der Waals surface area contributed by atoms with Gasteiger partial charge in [-0.2, -0.15) is 0 Å². The Morgan fingerprint density at radius 2 is 1.78 bits per heavy atom. The van der Waals surface area contributed by atoms with Gasteiger partial charge in [-0.25, -0.2) is 9.97 Å². The highest BCUT2D eigenvalue weighted by Crippen LogP contribution is 2.23. The summed E-state index contributed by atoms with van der Waals surface area (Å²) in [5, 5.41) is 6.94. The van der Waals surface area contributed by atoms with E-state index in [2.05, 4.69) is 20.6 Å². The Balaban J connectivity index is 2.27. The number of rotatable bonds is 3. The Hall–Kier alpha value is -1.81. The lowest BCUT2D eigenvalue weighted by Crippen LogP contribution is -2.01.